The predicted octanol–water partition coefficient (Wildman–Crippen LogP) is 0.251. The van der Waals surface area contributed by atoms with E-state index in [1.807, 2.05) is 0 Å². The lowest BCUT2D eigenvalue weighted by molar-refractivity contribution is -0.164. The van der Waals surface area contributed by atoms with Crippen molar-refractivity contribution in [1.82, 2.24) is 4.72 Å². The van der Waals surface area contributed by atoms with E-state index in [4.69, 9.17) is 9.47 Å². The van der Waals surface area contributed by atoms with E-state index in [9.17, 15) is 18.0 Å². The minimum Gasteiger partial charge on any atom is -0.461 e. The summed E-state index contributed by atoms with van der Waals surface area (Å²) in [6.07, 6.45) is 1.23. The van der Waals surface area contributed by atoms with Crippen LogP contribution in [0.25, 0.3) is 0 Å². The zero-order valence-electron chi connectivity index (χ0n) is 12.3. The summed E-state index contributed by atoms with van der Waals surface area (Å²) in [5, 5.41) is 0. The summed E-state index contributed by atoms with van der Waals surface area (Å²) in [6, 6.07) is 6.89. The zero-order valence-corrected chi connectivity index (χ0v) is 13.1. The smallest absolute Gasteiger partial charge is 0.350 e. The van der Waals surface area contributed by atoms with Gasteiger partial charge in [-0.2, -0.15) is 0 Å². The van der Waals surface area contributed by atoms with Gasteiger partial charge >= 0.3 is 11.9 Å². The summed E-state index contributed by atoms with van der Waals surface area (Å²) in [7, 11) is -3.34. The van der Waals surface area contributed by atoms with Crippen molar-refractivity contribution in [2.45, 2.75) is 18.9 Å². The van der Waals surface area contributed by atoms with Crippen LogP contribution < -0.4 is 4.72 Å². The molecule has 7 nitrogen and oxygen atoms in total. The molecule has 2 rings (SSSR count). The van der Waals surface area contributed by atoms with Crippen LogP contribution in [0.3, 0.4) is 0 Å². The molecule has 1 aromatic carbocycles. The molecule has 0 aromatic heterocycles. The lowest BCUT2D eigenvalue weighted by Gasteiger charge is -2.32. The van der Waals surface area contributed by atoms with Gasteiger partial charge in [-0.25, -0.2) is 22.7 Å². The highest BCUT2D eigenvalue weighted by Gasteiger charge is 2.43. The molecule has 1 heterocycles. The number of hydrogen-bond acceptors (Lipinski definition) is 6. The third-order valence-corrected chi connectivity index (χ3v) is 3.94. The van der Waals surface area contributed by atoms with Crippen molar-refractivity contribution < 1.29 is 27.5 Å². The van der Waals surface area contributed by atoms with Gasteiger partial charge in [0.1, 0.15) is 6.61 Å². The van der Waals surface area contributed by atoms with E-state index in [0.717, 1.165) is 6.26 Å². The first-order chi connectivity index (χ1) is 10.2. The van der Waals surface area contributed by atoms with Gasteiger partial charge in [-0.1, -0.05) is 18.2 Å². The second kappa shape index (κ2) is 6.05. The van der Waals surface area contributed by atoms with Crippen LogP contribution in [0.15, 0.2) is 24.3 Å². The van der Waals surface area contributed by atoms with Gasteiger partial charge in [-0.3, -0.25) is 0 Å². The highest BCUT2D eigenvalue weighted by Crippen LogP contribution is 2.28. The van der Waals surface area contributed by atoms with Gasteiger partial charge in [0.15, 0.2) is 0 Å². The SMILES string of the molecule is C[C@@]1(C(=O)OCCNS(C)(=O)=O)Cc2ccccc2C(=O)O1. The zero-order chi connectivity index (χ0) is 16.4. The molecular weight excluding hydrogens is 310 g/mol. The lowest BCUT2D eigenvalue weighted by Crippen LogP contribution is -2.47. The fourth-order valence-corrected chi connectivity index (χ4v) is 2.62. The molecule has 120 valence electrons. The molecule has 22 heavy (non-hydrogen) atoms. The van der Waals surface area contributed by atoms with Crippen molar-refractivity contribution in [2.24, 2.45) is 0 Å². The molecular formula is C14H17NO6S. The van der Waals surface area contributed by atoms with Crippen LogP contribution in [0.4, 0.5) is 0 Å². The van der Waals surface area contributed by atoms with Crippen LogP contribution in [0.2, 0.25) is 0 Å². The van der Waals surface area contributed by atoms with Crippen molar-refractivity contribution in [3.8, 4) is 0 Å². The Hall–Kier alpha value is -1.93. The van der Waals surface area contributed by atoms with Gasteiger partial charge in [-0.15, -0.1) is 0 Å². The Morgan fingerprint density at radius 3 is 2.77 bits per heavy atom. The molecule has 0 bridgehead atoms. The van der Waals surface area contributed by atoms with Gasteiger partial charge in [-0.05, 0) is 18.6 Å². The predicted molar refractivity (Wildman–Crippen MR) is 77.8 cm³/mol. The van der Waals surface area contributed by atoms with E-state index in [1.165, 1.54) is 6.92 Å². The third kappa shape index (κ3) is 3.83. The number of sulfonamides is 1. The van der Waals surface area contributed by atoms with Gasteiger partial charge in [0.2, 0.25) is 15.6 Å². The minimum absolute atomic E-state index is 0.0365. The normalized spacial score (nSPS) is 20.9. The summed E-state index contributed by atoms with van der Waals surface area (Å²) in [5.41, 5.74) is -0.254. The number of benzene rings is 1. The molecule has 0 spiro atoms. The van der Waals surface area contributed by atoms with Crippen LogP contribution in [-0.4, -0.2) is 45.4 Å². The average Bonchev–Trinajstić information content (AvgIpc) is 2.42. The molecule has 0 fully saturated rings. The van der Waals surface area contributed by atoms with Gasteiger partial charge in [0, 0.05) is 13.0 Å². The molecule has 1 aromatic rings. The number of esters is 2. The number of carbonyl (C=O) groups excluding carboxylic acids is 2. The third-order valence-electron chi connectivity index (χ3n) is 3.21. The van der Waals surface area contributed by atoms with Gasteiger partial charge in [0.05, 0.1) is 11.8 Å². The Balaban J connectivity index is 2.00. The lowest BCUT2D eigenvalue weighted by atomic mass is 9.90. The Morgan fingerprint density at radius 2 is 2.09 bits per heavy atom. The standard InChI is InChI=1S/C14H17NO6S/c1-14(13(17)20-8-7-15-22(2,18)19)9-10-5-3-4-6-11(10)12(16)21-14/h3-6,15H,7-9H2,1-2H3/t14-/m0/s1. The van der Waals surface area contributed by atoms with Crippen LogP contribution in [-0.2, 0) is 30.7 Å². The van der Waals surface area contributed by atoms with Crippen molar-refractivity contribution in [1.29, 1.82) is 0 Å². The molecule has 0 radical (unpaired) electrons. The molecule has 1 aliphatic heterocycles. The molecule has 0 amide bonds. The topological polar surface area (TPSA) is 98.8 Å². The number of carbonyl (C=O) groups is 2. The maximum Gasteiger partial charge on any atom is 0.350 e. The van der Waals surface area contributed by atoms with Crippen LogP contribution >= 0.6 is 0 Å². The maximum absolute atomic E-state index is 12.1. The van der Waals surface area contributed by atoms with E-state index in [-0.39, 0.29) is 19.6 Å². The van der Waals surface area contributed by atoms with Crippen molar-refractivity contribution in [2.75, 3.05) is 19.4 Å². The monoisotopic (exact) mass is 327 g/mol. The maximum atomic E-state index is 12.1. The van der Waals surface area contributed by atoms with Crippen molar-refractivity contribution >= 4 is 22.0 Å². The molecule has 0 saturated heterocycles. The Bertz CT molecular complexity index is 699. The number of cyclic esters (lactones) is 1. The molecule has 1 aliphatic rings. The van der Waals surface area contributed by atoms with E-state index in [2.05, 4.69) is 4.72 Å². The average molecular weight is 327 g/mol. The highest BCUT2D eigenvalue weighted by atomic mass is 32.2. The van der Waals surface area contributed by atoms with E-state index >= 15 is 0 Å². The van der Waals surface area contributed by atoms with Crippen molar-refractivity contribution in [3.63, 3.8) is 0 Å². The fourth-order valence-electron chi connectivity index (χ4n) is 2.17. The first-order valence-electron chi connectivity index (χ1n) is 6.64. The quantitative estimate of drug-likeness (QED) is 0.615. The second-order valence-electron chi connectivity index (χ2n) is 5.26. The molecule has 1 atom stereocenters. The summed E-state index contributed by atoms with van der Waals surface area (Å²) in [5.74, 6) is -1.28. The van der Waals surface area contributed by atoms with Gasteiger partial charge in [0.25, 0.3) is 0 Å². The Kier molecular flexibility index (Phi) is 4.52. The van der Waals surface area contributed by atoms with E-state index in [1.54, 1.807) is 24.3 Å². The number of ether oxygens (including phenoxy) is 2. The van der Waals surface area contributed by atoms with Crippen LogP contribution in [0.5, 0.6) is 0 Å². The summed E-state index contributed by atoms with van der Waals surface area (Å²) in [6.45, 7) is 1.30. The minimum atomic E-state index is -3.34. The first-order valence-corrected chi connectivity index (χ1v) is 8.53. The number of nitrogens with one attached hydrogen (secondary N) is 1. The van der Waals surface area contributed by atoms with Crippen LogP contribution in [0.1, 0.15) is 22.8 Å². The summed E-state index contributed by atoms with van der Waals surface area (Å²) in [4.78, 5) is 24.1. The number of fused-ring (bicyclic) bond motifs is 1. The molecule has 0 aliphatic carbocycles. The number of hydrogen-bond donors (Lipinski definition) is 1. The van der Waals surface area contributed by atoms with Crippen molar-refractivity contribution in [3.05, 3.63) is 35.4 Å². The van der Waals surface area contributed by atoms with Crippen LogP contribution in [0, 0.1) is 0 Å². The fraction of sp³-hybridized carbons (Fsp3) is 0.429. The van der Waals surface area contributed by atoms with E-state index < -0.39 is 27.6 Å². The molecule has 0 saturated carbocycles. The Morgan fingerprint density at radius 1 is 1.41 bits per heavy atom. The summed E-state index contributed by atoms with van der Waals surface area (Å²) >= 11 is 0. The molecule has 8 heteroatoms. The molecule has 1 N–H and O–H groups in total. The Labute approximate surface area is 128 Å². The first kappa shape index (κ1) is 16.4. The second-order valence-corrected chi connectivity index (χ2v) is 7.09. The van der Waals surface area contributed by atoms with Gasteiger partial charge < -0.3 is 9.47 Å². The summed E-state index contributed by atoms with van der Waals surface area (Å²) < 4.78 is 34.2. The number of rotatable bonds is 5. The highest BCUT2D eigenvalue weighted by molar-refractivity contribution is 7.88. The largest absolute Gasteiger partial charge is 0.461 e. The molecule has 0 unspecified atom stereocenters. The van der Waals surface area contributed by atoms with E-state index in [0.29, 0.717) is 11.1 Å².